The van der Waals surface area contributed by atoms with E-state index in [4.69, 9.17) is 4.74 Å². The van der Waals surface area contributed by atoms with Gasteiger partial charge >= 0.3 is 0 Å². The Hall–Kier alpha value is -0.870. The van der Waals surface area contributed by atoms with Gasteiger partial charge in [-0.15, -0.1) is 0 Å². The molecule has 2 fully saturated rings. The first kappa shape index (κ1) is 15.0. The lowest BCUT2D eigenvalue weighted by Gasteiger charge is -2.22. The molecule has 0 aromatic carbocycles. The molecule has 3 rings (SSSR count). The zero-order chi connectivity index (χ0) is 15.4. The number of nitrogens with zero attached hydrogens (tertiary/aromatic N) is 2. The lowest BCUT2D eigenvalue weighted by molar-refractivity contribution is -0.0543. The van der Waals surface area contributed by atoms with Crippen LogP contribution in [0.15, 0.2) is 6.07 Å². The third-order valence-corrected chi connectivity index (χ3v) is 4.79. The van der Waals surface area contributed by atoms with Gasteiger partial charge in [0.05, 0.1) is 24.0 Å². The van der Waals surface area contributed by atoms with E-state index in [2.05, 4.69) is 36.6 Å². The highest BCUT2D eigenvalue weighted by molar-refractivity contribution is 5.27. The van der Waals surface area contributed by atoms with Gasteiger partial charge in [-0.1, -0.05) is 0 Å². The summed E-state index contributed by atoms with van der Waals surface area (Å²) in [6.07, 6.45) is 2.60. The molecule has 4 heteroatoms. The van der Waals surface area contributed by atoms with Crippen LogP contribution >= 0.6 is 0 Å². The second kappa shape index (κ2) is 5.10. The highest BCUT2D eigenvalue weighted by Gasteiger charge is 2.58. The summed E-state index contributed by atoms with van der Waals surface area (Å²) in [5.41, 5.74) is 1.82. The maximum absolute atomic E-state index is 9.75. The number of aliphatic hydroxyl groups is 1. The Morgan fingerprint density at radius 1 is 1.38 bits per heavy atom. The third-order valence-electron chi connectivity index (χ3n) is 4.79. The Morgan fingerprint density at radius 3 is 2.52 bits per heavy atom. The summed E-state index contributed by atoms with van der Waals surface area (Å²) >= 11 is 0. The van der Waals surface area contributed by atoms with Crippen molar-refractivity contribution in [2.75, 3.05) is 6.61 Å². The van der Waals surface area contributed by atoms with Gasteiger partial charge in [0.25, 0.3) is 0 Å². The Labute approximate surface area is 127 Å². The molecule has 1 aromatic rings. The molecule has 0 spiro atoms. The van der Waals surface area contributed by atoms with Crippen LogP contribution in [0.25, 0.3) is 0 Å². The summed E-state index contributed by atoms with van der Waals surface area (Å²) in [4.78, 5) is 0. The molecule has 0 bridgehead atoms. The van der Waals surface area contributed by atoms with Crippen LogP contribution in [0.1, 0.15) is 63.9 Å². The number of ether oxygens (including phenoxy) is 1. The first-order valence-corrected chi connectivity index (χ1v) is 8.16. The summed E-state index contributed by atoms with van der Waals surface area (Å²) < 4.78 is 8.06. The molecule has 2 unspecified atom stereocenters. The van der Waals surface area contributed by atoms with Crippen LogP contribution in [-0.2, 0) is 4.74 Å². The van der Waals surface area contributed by atoms with Gasteiger partial charge in [0.15, 0.2) is 0 Å². The maximum atomic E-state index is 9.75. The fraction of sp³-hybridized carbons (Fsp3) is 0.824. The second-order valence-electron chi connectivity index (χ2n) is 7.82. The van der Waals surface area contributed by atoms with Crippen LogP contribution in [0.4, 0.5) is 0 Å². The quantitative estimate of drug-likeness (QED) is 0.907. The number of hydrogen-bond donors (Lipinski definition) is 1. The summed E-state index contributed by atoms with van der Waals surface area (Å²) in [7, 11) is 0. The van der Waals surface area contributed by atoms with Gasteiger partial charge in [0.2, 0.25) is 0 Å². The smallest absolute Gasteiger partial charge is 0.0824 e. The number of fused-ring (bicyclic) bond motifs is 1. The van der Waals surface area contributed by atoms with Crippen LogP contribution in [0.2, 0.25) is 0 Å². The molecule has 1 aromatic heterocycles. The highest BCUT2D eigenvalue weighted by atomic mass is 16.5. The Kier molecular flexibility index (Phi) is 3.65. The summed E-state index contributed by atoms with van der Waals surface area (Å²) in [6, 6.07) is 2.69. The minimum absolute atomic E-state index is 0.333. The number of hydrogen-bond acceptors (Lipinski definition) is 3. The monoisotopic (exact) mass is 292 g/mol. The Balaban J connectivity index is 1.60. The van der Waals surface area contributed by atoms with Crippen molar-refractivity contribution in [1.29, 1.82) is 0 Å². The van der Waals surface area contributed by atoms with Crippen LogP contribution in [0, 0.1) is 18.8 Å². The van der Waals surface area contributed by atoms with E-state index in [0.717, 1.165) is 30.4 Å². The topological polar surface area (TPSA) is 47.3 Å². The molecule has 1 heterocycles. The minimum atomic E-state index is -0.723. The lowest BCUT2D eigenvalue weighted by atomic mass is 10.1. The van der Waals surface area contributed by atoms with E-state index in [-0.39, 0.29) is 0 Å². The summed E-state index contributed by atoms with van der Waals surface area (Å²) in [5, 5.41) is 14.4. The van der Waals surface area contributed by atoms with Crippen LogP contribution < -0.4 is 0 Å². The van der Waals surface area contributed by atoms with Gasteiger partial charge < -0.3 is 9.84 Å². The van der Waals surface area contributed by atoms with Crippen molar-refractivity contribution in [3.63, 3.8) is 0 Å². The molecule has 0 radical (unpaired) electrons. The zero-order valence-corrected chi connectivity index (χ0v) is 13.8. The Bertz CT molecular complexity index is 503. The van der Waals surface area contributed by atoms with Crippen molar-refractivity contribution in [2.45, 2.75) is 71.1 Å². The van der Waals surface area contributed by atoms with E-state index >= 15 is 0 Å². The SMILES string of the molecule is Cc1cc(C2C3CC(OCC(C)(C)O)CC32)n(C(C)C)n1. The van der Waals surface area contributed by atoms with Gasteiger partial charge in [0, 0.05) is 17.7 Å². The van der Waals surface area contributed by atoms with Crippen molar-refractivity contribution in [1.82, 2.24) is 9.78 Å². The molecule has 0 saturated heterocycles. The van der Waals surface area contributed by atoms with Crippen LogP contribution in [0.5, 0.6) is 0 Å². The molecule has 2 saturated carbocycles. The highest BCUT2D eigenvalue weighted by Crippen LogP contribution is 2.63. The van der Waals surface area contributed by atoms with Crippen molar-refractivity contribution >= 4 is 0 Å². The average molecular weight is 292 g/mol. The number of aromatic nitrogens is 2. The first-order chi connectivity index (χ1) is 9.76. The van der Waals surface area contributed by atoms with Crippen LogP contribution in [-0.4, -0.2) is 33.2 Å². The van der Waals surface area contributed by atoms with Gasteiger partial charge in [-0.2, -0.15) is 5.10 Å². The summed E-state index contributed by atoms with van der Waals surface area (Å²) in [6.45, 7) is 10.5. The Morgan fingerprint density at radius 2 is 2.00 bits per heavy atom. The van der Waals surface area contributed by atoms with Gasteiger partial charge in [-0.25, -0.2) is 0 Å². The minimum Gasteiger partial charge on any atom is -0.388 e. The van der Waals surface area contributed by atoms with Crippen molar-refractivity contribution in [2.24, 2.45) is 11.8 Å². The van der Waals surface area contributed by atoms with E-state index in [9.17, 15) is 5.11 Å². The number of rotatable bonds is 5. The predicted molar refractivity (Wildman–Crippen MR) is 82.3 cm³/mol. The van der Waals surface area contributed by atoms with Crippen molar-refractivity contribution in [3.8, 4) is 0 Å². The predicted octanol–water partition coefficient (Wildman–Crippen LogP) is 3.05. The standard InChI is InChI=1S/C17H28N2O2/c1-10(2)19-15(6-11(3)18-19)16-13-7-12(8-14(13)16)21-9-17(4,5)20/h6,10,12-14,16,20H,7-9H2,1-5H3. The normalized spacial score (nSPS) is 31.8. The van der Waals surface area contributed by atoms with Crippen LogP contribution in [0.3, 0.4) is 0 Å². The molecule has 21 heavy (non-hydrogen) atoms. The zero-order valence-electron chi connectivity index (χ0n) is 13.8. The van der Waals surface area contributed by atoms with Crippen molar-refractivity contribution < 1.29 is 9.84 Å². The largest absolute Gasteiger partial charge is 0.388 e. The van der Waals surface area contributed by atoms with Crippen molar-refractivity contribution in [3.05, 3.63) is 17.5 Å². The van der Waals surface area contributed by atoms with E-state index in [1.807, 2.05) is 0 Å². The van der Waals surface area contributed by atoms with Gasteiger partial charge in [-0.05, 0) is 65.4 Å². The van der Waals surface area contributed by atoms with E-state index < -0.39 is 5.60 Å². The van der Waals surface area contributed by atoms with E-state index in [0.29, 0.717) is 24.7 Å². The maximum Gasteiger partial charge on any atom is 0.0824 e. The molecule has 0 amide bonds. The first-order valence-electron chi connectivity index (χ1n) is 8.16. The molecule has 2 atom stereocenters. The van der Waals surface area contributed by atoms with E-state index in [1.165, 1.54) is 5.69 Å². The molecular weight excluding hydrogens is 264 g/mol. The molecule has 1 N–H and O–H groups in total. The average Bonchev–Trinajstić information content (AvgIpc) is 2.75. The lowest BCUT2D eigenvalue weighted by Crippen LogP contribution is -2.29. The molecule has 2 aliphatic carbocycles. The molecule has 118 valence electrons. The van der Waals surface area contributed by atoms with E-state index in [1.54, 1.807) is 13.8 Å². The molecule has 4 nitrogen and oxygen atoms in total. The fourth-order valence-corrected chi connectivity index (χ4v) is 3.89. The second-order valence-corrected chi connectivity index (χ2v) is 7.82. The fourth-order valence-electron chi connectivity index (χ4n) is 3.89. The molecule has 0 aliphatic heterocycles. The molecule has 2 aliphatic rings. The molecular formula is C17H28N2O2. The van der Waals surface area contributed by atoms with Gasteiger partial charge in [-0.3, -0.25) is 4.68 Å². The third kappa shape index (κ3) is 3.02. The van der Waals surface area contributed by atoms with Gasteiger partial charge in [0.1, 0.15) is 0 Å². The summed E-state index contributed by atoms with van der Waals surface area (Å²) in [5.74, 6) is 2.19. The number of aryl methyl sites for hydroxylation is 1.